The van der Waals surface area contributed by atoms with Gasteiger partial charge in [0.05, 0.1) is 12.7 Å². The molecule has 3 rings (SSSR count). The van der Waals surface area contributed by atoms with Crippen LogP contribution in [0.1, 0.15) is 21.5 Å². The number of nitrogens with one attached hydrogen (secondary N) is 2. The van der Waals surface area contributed by atoms with Crippen molar-refractivity contribution in [3.05, 3.63) is 84.0 Å². The van der Waals surface area contributed by atoms with E-state index in [4.69, 9.17) is 4.74 Å². The number of carbonyl (C=O) groups is 3. The topological polar surface area (TPSA) is 115 Å². The Bertz CT molecular complexity index is 1080. The van der Waals surface area contributed by atoms with Gasteiger partial charge in [0, 0.05) is 18.3 Å². The summed E-state index contributed by atoms with van der Waals surface area (Å²) in [7, 11) is 1.27. The Hall–Kier alpha value is -4.27. The Labute approximate surface area is 178 Å². The van der Waals surface area contributed by atoms with Crippen LogP contribution < -0.4 is 10.6 Å². The molecule has 0 aliphatic rings. The van der Waals surface area contributed by atoms with Crippen LogP contribution in [0.3, 0.4) is 0 Å². The van der Waals surface area contributed by atoms with Crippen molar-refractivity contribution in [1.82, 2.24) is 20.1 Å². The van der Waals surface area contributed by atoms with E-state index in [1.165, 1.54) is 36.6 Å². The van der Waals surface area contributed by atoms with Gasteiger partial charge < -0.3 is 15.4 Å². The Kier molecular flexibility index (Phi) is 7.26. The quantitative estimate of drug-likeness (QED) is 0.426. The summed E-state index contributed by atoms with van der Waals surface area (Å²) in [5.74, 6) is -1.18. The molecule has 2 amide bonds. The summed E-state index contributed by atoms with van der Waals surface area (Å²) < 4.78 is 6.17. The molecule has 2 aromatic carbocycles. The molecule has 0 bridgehead atoms. The maximum atomic E-state index is 12.3. The number of ether oxygens (including phenoxy) is 1. The number of nitrogens with zero attached hydrogens (tertiary/aromatic N) is 3. The molecular weight excluding hydrogens is 398 g/mol. The smallest absolute Gasteiger partial charge is 0.337 e. The van der Waals surface area contributed by atoms with E-state index in [-0.39, 0.29) is 30.5 Å². The van der Waals surface area contributed by atoms with Crippen LogP contribution in [-0.4, -0.2) is 39.7 Å². The second-order valence-corrected chi connectivity index (χ2v) is 6.51. The fraction of sp³-hybridized carbons (Fsp3) is 0.136. The predicted molar refractivity (Wildman–Crippen MR) is 114 cm³/mol. The second kappa shape index (κ2) is 10.5. The number of methoxy groups -OCH3 is 1. The highest BCUT2D eigenvalue weighted by atomic mass is 16.5. The third-order valence-corrected chi connectivity index (χ3v) is 4.17. The summed E-state index contributed by atoms with van der Waals surface area (Å²) in [4.78, 5) is 40.2. The van der Waals surface area contributed by atoms with Crippen molar-refractivity contribution in [1.29, 1.82) is 0 Å². The lowest BCUT2D eigenvalue weighted by molar-refractivity contribution is -0.122. The molecule has 158 valence electrons. The fourth-order valence-electron chi connectivity index (χ4n) is 2.74. The minimum absolute atomic E-state index is 0.0184. The highest BCUT2D eigenvalue weighted by Crippen LogP contribution is 2.17. The fourth-order valence-corrected chi connectivity index (χ4v) is 2.74. The summed E-state index contributed by atoms with van der Waals surface area (Å²) in [6, 6.07) is 14.2. The van der Waals surface area contributed by atoms with Crippen molar-refractivity contribution in [2.45, 2.75) is 13.1 Å². The van der Waals surface area contributed by atoms with Crippen molar-refractivity contribution in [2.75, 3.05) is 12.4 Å². The molecule has 0 spiro atoms. The maximum absolute atomic E-state index is 12.3. The third-order valence-electron chi connectivity index (χ3n) is 4.17. The molecule has 0 unspecified atom stereocenters. The second-order valence-electron chi connectivity index (χ2n) is 6.51. The zero-order valence-corrected chi connectivity index (χ0v) is 16.8. The minimum Gasteiger partial charge on any atom is -0.465 e. The molecule has 31 heavy (non-hydrogen) atoms. The van der Waals surface area contributed by atoms with Crippen LogP contribution in [0.5, 0.6) is 0 Å². The molecular formula is C22H21N5O4. The first-order valence-electron chi connectivity index (χ1n) is 9.39. The lowest BCUT2D eigenvalue weighted by Gasteiger charge is -2.10. The predicted octanol–water partition coefficient (Wildman–Crippen LogP) is 2.03. The summed E-state index contributed by atoms with van der Waals surface area (Å²) in [6.45, 7) is 0.172. The number of amides is 2. The van der Waals surface area contributed by atoms with E-state index in [2.05, 4.69) is 20.7 Å². The molecule has 0 radical (unpaired) electrons. The number of aromatic nitrogens is 3. The van der Waals surface area contributed by atoms with Crippen molar-refractivity contribution in [2.24, 2.45) is 0 Å². The van der Waals surface area contributed by atoms with Gasteiger partial charge in [-0.25, -0.2) is 14.5 Å². The highest BCUT2D eigenvalue weighted by molar-refractivity contribution is 6.02. The SMILES string of the molecule is COC(=O)c1cc(CNC(=O)Cn2cncn2)cc(NC(=O)C=Cc2ccccc2)c1. The molecule has 0 aliphatic heterocycles. The van der Waals surface area contributed by atoms with Gasteiger partial charge in [-0.1, -0.05) is 30.3 Å². The van der Waals surface area contributed by atoms with Gasteiger partial charge in [0.25, 0.3) is 0 Å². The summed E-state index contributed by atoms with van der Waals surface area (Å²) >= 11 is 0. The number of hydrogen-bond donors (Lipinski definition) is 2. The average Bonchev–Trinajstić information content (AvgIpc) is 3.29. The molecule has 1 aromatic heterocycles. The van der Waals surface area contributed by atoms with Gasteiger partial charge in [0.2, 0.25) is 11.8 Å². The number of benzene rings is 2. The molecule has 0 saturated carbocycles. The van der Waals surface area contributed by atoms with Crippen LogP contribution in [0.2, 0.25) is 0 Å². The van der Waals surface area contributed by atoms with Crippen LogP contribution in [0.4, 0.5) is 5.69 Å². The van der Waals surface area contributed by atoms with Crippen LogP contribution in [0.15, 0.2) is 67.3 Å². The largest absolute Gasteiger partial charge is 0.465 e. The van der Waals surface area contributed by atoms with Gasteiger partial charge in [-0.05, 0) is 35.4 Å². The van der Waals surface area contributed by atoms with Gasteiger partial charge in [0.1, 0.15) is 19.2 Å². The molecule has 0 atom stereocenters. The number of hydrogen-bond acceptors (Lipinski definition) is 6. The Morgan fingerprint density at radius 3 is 2.65 bits per heavy atom. The number of carbonyl (C=O) groups excluding carboxylic acids is 3. The minimum atomic E-state index is -0.550. The van der Waals surface area contributed by atoms with Gasteiger partial charge in [-0.15, -0.1) is 0 Å². The van der Waals surface area contributed by atoms with Crippen LogP contribution in [0.25, 0.3) is 6.08 Å². The third kappa shape index (κ3) is 6.64. The first-order chi connectivity index (χ1) is 15.0. The standard InChI is InChI=1S/C22H21N5O4/c1-31-22(30)18-9-17(12-24-21(29)13-27-15-23-14-25-27)10-19(11-18)26-20(28)8-7-16-5-3-2-4-6-16/h2-11,14-15H,12-13H2,1H3,(H,24,29)(H,26,28). The van der Waals surface area contributed by atoms with Crippen molar-refractivity contribution < 1.29 is 19.1 Å². The maximum Gasteiger partial charge on any atom is 0.337 e. The van der Waals surface area contributed by atoms with Crippen LogP contribution >= 0.6 is 0 Å². The van der Waals surface area contributed by atoms with Crippen molar-refractivity contribution >= 4 is 29.5 Å². The molecule has 0 fully saturated rings. The van der Waals surface area contributed by atoms with Gasteiger partial charge >= 0.3 is 5.97 Å². The van der Waals surface area contributed by atoms with Gasteiger partial charge in [-0.3, -0.25) is 9.59 Å². The van der Waals surface area contributed by atoms with Crippen molar-refractivity contribution in [3.63, 3.8) is 0 Å². The van der Waals surface area contributed by atoms with E-state index in [9.17, 15) is 14.4 Å². The number of esters is 1. The lowest BCUT2D eigenvalue weighted by Crippen LogP contribution is -2.27. The van der Waals surface area contributed by atoms with E-state index < -0.39 is 5.97 Å². The van der Waals surface area contributed by atoms with Gasteiger partial charge in [-0.2, -0.15) is 5.10 Å². The number of anilines is 1. The molecule has 0 aliphatic carbocycles. The zero-order chi connectivity index (χ0) is 22.1. The summed E-state index contributed by atoms with van der Waals surface area (Å²) in [5.41, 5.74) is 2.17. The summed E-state index contributed by atoms with van der Waals surface area (Å²) in [6.07, 6.45) is 5.87. The van der Waals surface area contributed by atoms with E-state index >= 15 is 0 Å². The number of rotatable bonds is 8. The first kappa shape index (κ1) is 21.4. The highest BCUT2D eigenvalue weighted by Gasteiger charge is 2.11. The molecule has 0 saturated heterocycles. The monoisotopic (exact) mass is 419 g/mol. The Morgan fingerprint density at radius 2 is 1.94 bits per heavy atom. The van der Waals surface area contributed by atoms with Crippen LogP contribution in [-0.2, 0) is 27.4 Å². The van der Waals surface area contributed by atoms with E-state index in [1.807, 2.05) is 30.3 Å². The zero-order valence-electron chi connectivity index (χ0n) is 16.8. The normalized spacial score (nSPS) is 10.6. The van der Waals surface area contributed by atoms with Crippen LogP contribution in [0, 0.1) is 0 Å². The molecule has 9 heteroatoms. The molecule has 9 nitrogen and oxygen atoms in total. The first-order valence-corrected chi connectivity index (χ1v) is 9.39. The molecule has 3 aromatic rings. The Balaban J connectivity index is 1.69. The average molecular weight is 419 g/mol. The van der Waals surface area contributed by atoms with E-state index in [0.717, 1.165) is 5.56 Å². The Morgan fingerprint density at radius 1 is 1.13 bits per heavy atom. The van der Waals surface area contributed by atoms with E-state index in [1.54, 1.807) is 18.2 Å². The van der Waals surface area contributed by atoms with Crippen molar-refractivity contribution in [3.8, 4) is 0 Å². The summed E-state index contributed by atoms with van der Waals surface area (Å²) in [5, 5.41) is 9.34. The molecule has 2 N–H and O–H groups in total. The lowest BCUT2D eigenvalue weighted by atomic mass is 10.1. The molecule has 1 heterocycles. The van der Waals surface area contributed by atoms with Gasteiger partial charge in [0.15, 0.2) is 0 Å². The van der Waals surface area contributed by atoms with E-state index in [0.29, 0.717) is 11.3 Å².